The second-order valence-electron chi connectivity index (χ2n) is 8.68. The van der Waals surface area contributed by atoms with E-state index in [1.54, 1.807) is 0 Å². The van der Waals surface area contributed by atoms with E-state index in [1.807, 2.05) is 24.3 Å². The molecule has 5 nitrogen and oxygen atoms in total. The Balaban J connectivity index is 1.26. The van der Waals surface area contributed by atoms with Crippen molar-refractivity contribution in [3.63, 3.8) is 0 Å². The first-order valence-electron chi connectivity index (χ1n) is 10.9. The minimum atomic E-state index is -4.53. The van der Waals surface area contributed by atoms with E-state index in [1.165, 1.54) is 17.7 Å². The third-order valence-electron chi connectivity index (χ3n) is 6.39. The van der Waals surface area contributed by atoms with E-state index in [9.17, 15) is 22.8 Å². The monoisotopic (exact) mass is 479 g/mol. The molecular formula is C24H25ClF3N3O2. The minimum Gasteiger partial charge on any atom is -0.352 e. The molecule has 0 saturated carbocycles. The maximum atomic E-state index is 12.8. The van der Waals surface area contributed by atoms with Crippen LogP contribution in [0.4, 0.5) is 13.2 Å². The standard InChI is InChI=1S/C24H25ClF3N3O2/c25-18-6-4-15(5-7-18)14-31-20-8-9-21(31)12-19(11-20)30-22(32)13-29-23(33)16-2-1-3-17(10-16)24(26,27)28/h1-7,10,19-21H,8-9,11-14H2,(H,29,33)(H,30,32)/t19-,20-,21+. The van der Waals surface area contributed by atoms with Crippen molar-refractivity contribution in [1.29, 1.82) is 0 Å². The van der Waals surface area contributed by atoms with Gasteiger partial charge in [-0.2, -0.15) is 13.2 Å². The van der Waals surface area contributed by atoms with Gasteiger partial charge in [0.25, 0.3) is 5.91 Å². The largest absolute Gasteiger partial charge is 0.416 e. The number of amides is 2. The van der Waals surface area contributed by atoms with Crippen LogP contribution in [0.1, 0.15) is 47.2 Å². The van der Waals surface area contributed by atoms with E-state index in [2.05, 4.69) is 15.5 Å². The molecule has 0 unspecified atom stereocenters. The van der Waals surface area contributed by atoms with Gasteiger partial charge in [-0.05, 0) is 61.6 Å². The zero-order valence-corrected chi connectivity index (χ0v) is 18.6. The zero-order chi connectivity index (χ0) is 23.6. The molecule has 9 heteroatoms. The zero-order valence-electron chi connectivity index (χ0n) is 17.9. The molecule has 2 aliphatic rings. The molecule has 2 heterocycles. The van der Waals surface area contributed by atoms with Crippen LogP contribution in [-0.4, -0.2) is 41.4 Å². The van der Waals surface area contributed by atoms with E-state index < -0.39 is 17.6 Å². The van der Waals surface area contributed by atoms with Gasteiger partial charge in [-0.1, -0.05) is 29.8 Å². The van der Waals surface area contributed by atoms with Crippen molar-refractivity contribution >= 4 is 23.4 Å². The summed E-state index contributed by atoms with van der Waals surface area (Å²) >= 11 is 5.97. The Bertz CT molecular complexity index is 999. The van der Waals surface area contributed by atoms with E-state index in [4.69, 9.17) is 11.6 Å². The molecule has 176 valence electrons. The van der Waals surface area contributed by atoms with E-state index in [0.717, 1.165) is 44.4 Å². The molecule has 4 rings (SSSR count). The number of nitrogens with one attached hydrogen (secondary N) is 2. The van der Waals surface area contributed by atoms with Gasteiger partial charge >= 0.3 is 6.18 Å². The van der Waals surface area contributed by atoms with Gasteiger partial charge in [-0.3, -0.25) is 14.5 Å². The number of hydrogen-bond donors (Lipinski definition) is 2. The molecule has 2 fully saturated rings. The first-order chi connectivity index (χ1) is 15.7. The fourth-order valence-electron chi connectivity index (χ4n) is 4.83. The highest BCUT2D eigenvalue weighted by Crippen LogP contribution is 2.37. The lowest BCUT2D eigenvalue weighted by atomic mass is 9.96. The molecule has 2 aromatic rings. The number of alkyl halides is 3. The lowest BCUT2D eigenvalue weighted by molar-refractivity contribution is -0.137. The minimum absolute atomic E-state index is 0.0157. The summed E-state index contributed by atoms with van der Waals surface area (Å²) in [6, 6.07) is 12.8. The molecule has 2 amide bonds. The fourth-order valence-corrected chi connectivity index (χ4v) is 4.95. The van der Waals surface area contributed by atoms with Gasteiger partial charge in [0.2, 0.25) is 5.91 Å². The van der Waals surface area contributed by atoms with E-state index in [-0.39, 0.29) is 24.1 Å². The quantitative estimate of drug-likeness (QED) is 0.645. The maximum Gasteiger partial charge on any atom is 0.416 e. The molecule has 2 aromatic carbocycles. The number of benzene rings is 2. The van der Waals surface area contributed by atoms with Crippen molar-refractivity contribution in [2.75, 3.05) is 6.54 Å². The lowest BCUT2D eigenvalue weighted by Crippen LogP contribution is -2.51. The molecule has 2 aliphatic heterocycles. The average molecular weight is 480 g/mol. The van der Waals surface area contributed by atoms with Crippen LogP contribution < -0.4 is 10.6 Å². The summed E-state index contributed by atoms with van der Waals surface area (Å²) in [7, 11) is 0. The summed E-state index contributed by atoms with van der Waals surface area (Å²) in [6.07, 6.45) is -0.710. The number of carbonyl (C=O) groups excluding carboxylic acids is 2. The van der Waals surface area contributed by atoms with Crippen LogP contribution in [0, 0.1) is 0 Å². The molecular weight excluding hydrogens is 455 g/mol. The van der Waals surface area contributed by atoms with Crippen molar-refractivity contribution in [1.82, 2.24) is 15.5 Å². The van der Waals surface area contributed by atoms with E-state index >= 15 is 0 Å². The molecule has 2 bridgehead atoms. The van der Waals surface area contributed by atoms with E-state index in [0.29, 0.717) is 17.1 Å². The van der Waals surface area contributed by atoms with Gasteiger partial charge in [0.05, 0.1) is 12.1 Å². The first-order valence-corrected chi connectivity index (χ1v) is 11.3. The second kappa shape index (κ2) is 9.73. The van der Waals surface area contributed by atoms with Gasteiger partial charge in [0.1, 0.15) is 0 Å². The van der Waals surface area contributed by atoms with Crippen LogP contribution in [-0.2, 0) is 17.5 Å². The number of fused-ring (bicyclic) bond motifs is 2. The number of hydrogen-bond acceptors (Lipinski definition) is 3. The molecule has 2 N–H and O–H groups in total. The summed E-state index contributed by atoms with van der Waals surface area (Å²) < 4.78 is 38.5. The van der Waals surface area contributed by atoms with Crippen LogP contribution >= 0.6 is 11.6 Å². The highest BCUT2D eigenvalue weighted by atomic mass is 35.5. The smallest absolute Gasteiger partial charge is 0.352 e. The highest BCUT2D eigenvalue weighted by molar-refractivity contribution is 6.30. The molecule has 33 heavy (non-hydrogen) atoms. The first kappa shape index (κ1) is 23.6. The van der Waals surface area contributed by atoms with Crippen molar-refractivity contribution < 1.29 is 22.8 Å². The number of rotatable bonds is 6. The topological polar surface area (TPSA) is 61.4 Å². The van der Waals surface area contributed by atoms with Crippen molar-refractivity contribution in [3.8, 4) is 0 Å². The van der Waals surface area contributed by atoms with Crippen LogP contribution in [0.3, 0.4) is 0 Å². The Morgan fingerprint density at radius 2 is 1.70 bits per heavy atom. The Kier molecular flexibility index (Phi) is 6.95. The Labute approximate surface area is 195 Å². The third kappa shape index (κ3) is 5.86. The summed E-state index contributed by atoms with van der Waals surface area (Å²) in [4.78, 5) is 27.1. The van der Waals surface area contributed by atoms with Gasteiger partial charge in [-0.25, -0.2) is 0 Å². The van der Waals surface area contributed by atoms with Crippen LogP contribution in [0.2, 0.25) is 5.02 Å². The van der Waals surface area contributed by atoms with Crippen molar-refractivity contribution in [3.05, 3.63) is 70.2 Å². The molecule has 3 atom stereocenters. The van der Waals surface area contributed by atoms with Gasteiger partial charge < -0.3 is 10.6 Å². The Hall–Kier alpha value is -2.58. The lowest BCUT2D eigenvalue weighted by Gasteiger charge is -2.39. The average Bonchev–Trinajstić information content (AvgIpc) is 3.00. The molecule has 0 aromatic heterocycles. The highest BCUT2D eigenvalue weighted by Gasteiger charge is 2.40. The van der Waals surface area contributed by atoms with Crippen molar-refractivity contribution in [2.24, 2.45) is 0 Å². The SMILES string of the molecule is O=C(CNC(=O)c1cccc(C(F)(F)F)c1)N[C@@H]1C[C@H]2CC[C@@H](C1)N2Cc1ccc(Cl)cc1. The van der Waals surface area contributed by atoms with Crippen LogP contribution in [0.5, 0.6) is 0 Å². The van der Waals surface area contributed by atoms with Gasteiger partial charge in [0.15, 0.2) is 0 Å². The number of nitrogens with zero attached hydrogens (tertiary/aromatic N) is 1. The van der Waals surface area contributed by atoms with Crippen LogP contribution in [0.25, 0.3) is 0 Å². The van der Waals surface area contributed by atoms with Gasteiger partial charge in [0, 0.05) is 35.3 Å². The Morgan fingerprint density at radius 1 is 1.03 bits per heavy atom. The van der Waals surface area contributed by atoms with Gasteiger partial charge in [-0.15, -0.1) is 0 Å². The van der Waals surface area contributed by atoms with Crippen molar-refractivity contribution in [2.45, 2.75) is 56.5 Å². The predicted molar refractivity (Wildman–Crippen MR) is 119 cm³/mol. The number of carbonyl (C=O) groups is 2. The second-order valence-corrected chi connectivity index (χ2v) is 9.12. The molecule has 0 spiro atoms. The van der Waals surface area contributed by atoms with Crippen LogP contribution in [0.15, 0.2) is 48.5 Å². The predicted octanol–water partition coefficient (Wildman–Crippen LogP) is 4.40. The summed E-state index contributed by atoms with van der Waals surface area (Å²) in [5.74, 6) is -1.06. The normalized spacial score (nSPS) is 22.7. The third-order valence-corrected chi connectivity index (χ3v) is 6.64. The molecule has 0 radical (unpaired) electrons. The number of halogens is 4. The molecule has 0 aliphatic carbocycles. The summed E-state index contributed by atoms with van der Waals surface area (Å²) in [6.45, 7) is 0.565. The molecule has 2 saturated heterocycles. The fraction of sp³-hybridized carbons (Fsp3) is 0.417. The Morgan fingerprint density at radius 3 is 2.33 bits per heavy atom. The number of piperidine rings is 1. The summed E-state index contributed by atoms with van der Waals surface area (Å²) in [5.41, 5.74) is 0.169. The summed E-state index contributed by atoms with van der Waals surface area (Å²) in [5, 5.41) is 6.10. The maximum absolute atomic E-state index is 12.8.